The molecule has 0 fully saturated rings. The standard InChI is InChI=1S/C9H15N7OS/c1-4-7(5(2)16-15-4)13-6(17)3-18-9(12)14-8(10)11/h3H2,1-2H3,(H,13,17)(H,15,16)(H5,10,11,12,14). The molecule has 0 saturated heterocycles. The summed E-state index contributed by atoms with van der Waals surface area (Å²) in [7, 11) is 0. The van der Waals surface area contributed by atoms with E-state index in [1.54, 1.807) is 6.92 Å². The smallest absolute Gasteiger partial charge is 0.234 e. The fourth-order valence-electron chi connectivity index (χ4n) is 1.19. The molecule has 0 aliphatic carbocycles. The quantitative estimate of drug-likeness (QED) is 0.384. The molecule has 0 bridgehead atoms. The van der Waals surface area contributed by atoms with Crippen molar-refractivity contribution in [1.29, 1.82) is 5.41 Å². The number of carbonyl (C=O) groups excluding carboxylic acids is 1. The number of aromatic nitrogens is 2. The second kappa shape index (κ2) is 6.05. The van der Waals surface area contributed by atoms with E-state index in [-0.39, 0.29) is 22.8 Å². The molecule has 1 heterocycles. The average molecular weight is 269 g/mol. The van der Waals surface area contributed by atoms with Crippen molar-refractivity contribution >= 4 is 34.5 Å². The fraction of sp³-hybridized carbons (Fsp3) is 0.333. The summed E-state index contributed by atoms with van der Waals surface area (Å²) in [5.41, 5.74) is 12.4. The summed E-state index contributed by atoms with van der Waals surface area (Å²) in [5, 5.41) is 16.7. The van der Waals surface area contributed by atoms with E-state index in [0.29, 0.717) is 11.4 Å². The van der Waals surface area contributed by atoms with Crippen LogP contribution in [0.2, 0.25) is 0 Å². The first-order chi connectivity index (χ1) is 8.40. The Morgan fingerprint density at radius 1 is 1.56 bits per heavy atom. The van der Waals surface area contributed by atoms with Crippen LogP contribution >= 0.6 is 11.8 Å². The molecule has 0 saturated carbocycles. The zero-order valence-corrected chi connectivity index (χ0v) is 10.9. The van der Waals surface area contributed by atoms with Gasteiger partial charge in [-0.1, -0.05) is 11.8 Å². The molecule has 9 heteroatoms. The zero-order chi connectivity index (χ0) is 13.7. The summed E-state index contributed by atoms with van der Waals surface area (Å²) < 4.78 is 0. The highest BCUT2D eigenvalue weighted by Gasteiger charge is 2.10. The molecule has 0 spiro atoms. The number of aliphatic imine (C=N–C) groups is 1. The van der Waals surface area contributed by atoms with Crippen LogP contribution < -0.4 is 16.8 Å². The number of carbonyl (C=O) groups is 1. The highest BCUT2D eigenvalue weighted by Crippen LogP contribution is 2.16. The van der Waals surface area contributed by atoms with Crippen molar-refractivity contribution < 1.29 is 4.79 Å². The minimum atomic E-state index is -0.247. The van der Waals surface area contributed by atoms with Gasteiger partial charge < -0.3 is 16.8 Å². The lowest BCUT2D eigenvalue weighted by Gasteiger charge is -2.04. The molecule has 8 nitrogen and oxygen atoms in total. The summed E-state index contributed by atoms with van der Waals surface area (Å²) in [5.74, 6) is -0.391. The van der Waals surface area contributed by atoms with Gasteiger partial charge in [-0.25, -0.2) is 0 Å². The van der Waals surface area contributed by atoms with Crippen LogP contribution in [0.15, 0.2) is 4.99 Å². The average Bonchev–Trinajstić information content (AvgIpc) is 2.57. The molecule has 1 aromatic heterocycles. The molecule has 0 aromatic carbocycles. The predicted molar refractivity (Wildman–Crippen MR) is 72.7 cm³/mol. The zero-order valence-electron chi connectivity index (χ0n) is 10.1. The molecule has 0 radical (unpaired) electrons. The maximum absolute atomic E-state index is 11.6. The molecule has 1 amide bonds. The van der Waals surface area contributed by atoms with Crippen LogP contribution in [-0.4, -0.2) is 33.0 Å². The number of aryl methyl sites for hydroxylation is 2. The number of aromatic amines is 1. The highest BCUT2D eigenvalue weighted by atomic mass is 32.2. The van der Waals surface area contributed by atoms with Gasteiger partial charge in [-0.15, -0.1) is 0 Å². The molecule has 18 heavy (non-hydrogen) atoms. The van der Waals surface area contributed by atoms with Gasteiger partial charge in [-0.2, -0.15) is 10.1 Å². The van der Waals surface area contributed by atoms with Gasteiger partial charge in [-0.3, -0.25) is 15.3 Å². The summed E-state index contributed by atoms with van der Waals surface area (Å²) >= 11 is 0.940. The molecular formula is C9H15N7OS. The van der Waals surface area contributed by atoms with Gasteiger partial charge in [0.25, 0.3) is 0 Å². The molecule has 0 unspecified atom stereocenters. The number of nitrogens with zero attached hydrogens (tertiary/aromatic N) is 2. The van der Waals surface area contributed by atoms with Crippen molar-refractivity contribution in [2.24, 2.45) is 16.5 Å². The predicted octanol–water partition coefficient (Wildman–Crippen LogP) is -0.0936. The Morgan fingerprint density at radius 2 is 2.22 bits per heavy atom. The Kier molecular flexibility index (Phi) is 4.72. The number of nitrogens with one attached hydrogen (secondary N) is 3. The summed E-state index contributed by atoms with van der Waals surface area (Å²) in [6.07, 6.45) is 0. The van der Waals surface area contributed by atoms with Crippen molar-refractivity contribution in [1.82, 2.24) is 10.2 Å². The van der Waals surface area contributed by atoms with Crippen molar-refractivity contribution in [2.45, 2.75) is 13.8 Å². The van der Waals surface area contributed by atoms with Crippen LogP contribution in [0.5, 0.6) is 0 Å². The maximum atomic E-state index is 11.6. The summed E-state index contributed by atoms with van der Waals surface area (Å²) in [6, 6.07) is 0. The monoisotopic (exact) mass is 269 g/mol. The molecule has 98 valence electrons. The first kappa shape index (κ1) is 14.0. The lowest BCUT2D eigenvalue weighted by molar-refractivity contribution is -0.113. The third-order valence-electron chi connectivity index (χ3n) is 1.96. The topological polar surface area (TPSA) is 146 Å². The van der Waals surface area contributed by atoms with Gasteiger partial charge in [0.2, 0.25) is 5.91 Å². The third-order valence-corrected chi connectivity index (χ3v) is 2.73. The molecule has 0 atom stereocenters. The first-order valence-electron chi connectivity index (χ1n) is 5.02. The summed E-state index contributed by atoms with van der Waals surface area (Å²) in [4.78, 5) is 15.1. The van der Waals surface area contributed by atoms with Crippen LogP contribution in [0.1, 0.15) is 11.4 Å². The van der Waals surface area contributed by atoms with E-state index in [0.717, 1.165) is 17.5 Å². The van der Waals surface area contributed by atoms with Gasteiger partial charge in [0, 0.05) is 0 Å². The number of hydrogen-bond acceptors (Lipinski definition) is 4. The Balaban J connectivity index is 2.48. The Labute approximate surface area is 108 Å². The van der Waals surface area contributed by atoms with Crippen LogP contribution in [0.4, 0.5) is 5.69 Å². The normalized spacial score (nSPS) is 9.89. The van der Waals surface area contributed by atoms with Crippen molar-refractivity contribution in [3.8, 4) is 0 Å². The van der Waals surface area contributed by atoms with E-state index in [1.165, 1.54) is 0 Å². The molecule has 0 aliphatic rings. The number of hydrogen-bond donors (Lipinski definition) is 5. The number of rotatable bonds is 3. The van der Waals surface area contributed by atoms with Crippen molar-refractivity contribution in [3.05, 3.63) is 11.4 Å². The Morgan fingerprint density at radius 3 is 2.72 bits per heavy atom. The number of amides is 1. The van der Waals surface area contributed by atoms with E-state index >= 15 is 0 Å². The van der Waals surface area contributed by atoms with Gasteiger partial charge in [-0.05, 0) is 13.8 Å². The fourth-order valence-corrected chi connectivity index (χ4v) is 1.70. The lowest BCUT2D eigenvalue weighted by atomic mass is 10.3. The van der Waals surface area contributed by atoms with E-state index in [2.05, 4.69) is 20.5 Å². The van der Waals surface area contributed by atoms with Gasteiger partial charge in [0.1, 0.15) is 0 Å². The Bertz CT molecular complexity index is 470. The van der Waals surface area contributed by atoms with Crippen LogP contribution in [0.25, 0.3) is 0 Å². The second-order valence-corrected chi connectivity index (χ2v) is 4.45. The number of H-pyrrole nitrogens is 1. The SMILES string of the molecule is Cc1n[nH]c(C)c1NC(=O)CSC(=N)N=C(N)N. The minimum absolute atomic E-state index is 0.0552. The van der Waals surface area contributed by atoms with Gasteiger partial charge in [0.15, 0.2) is 11.1 Å². The molecule has 0 aliphatic heterocycles. The van der Waals surface area contributed by atoms with Crippen LogP contribution in [0.3, 0.4) is 0 Å². The van der Waals surface area contributed by atoms with Crippen molar-refractivity contribution in [2.75, 3.05) is 11.1 Å². The van der Waals surface area contributed by atoms with Gasteiger partial charge >= 0.3 is 0 Å². The largest absolute Gasteiger partial charge is 0.370 e. The number of thioether (sulfide) groups is 1. The van der Waals surface area contributed by atoms with Gasteiger partial charge in [0.05, 0.1) is 22.8 Å². The molecular weight excluding hydrogens is 254 g/mol. The second-order valence-electron chi connectivity index (χ2n) is 3.49. The minimum Gasteiger partial charge on any atom is -0.370 e. The lowest BCUT2D eigenvalue weighted by Crippen LogP contribution is -2.24. The van der Waals surface area contributed by atoms with Crippen LogP contribution in [-0.2, 0) is 4.79 Å². The van der Waals surface area contributed by atoms with E-state index in [9.17, 15) is 4.79 Å². The number of nitrogens with two attached hydrogens (primary N) is 2. The number of amidine groups is 1. The first-order valence-corrected chi connectivity index (χ1v) is 6.01. The molecule has 1 rings (SSSR count). The number of anilines is 1. The Hall–Kier alpha value is -2.03. The highest BCUT2D eigenvalue weighted by molar-refractivity contribution is 8.14. The maximum Gasteiger partial charge on any atom is 0.234 e. The van der Waals surface area contributed by atoms with E-state index in [4.69, 9.17) is 16.9 Å². The van der Waals surface area contributed by atoms with E-state index in [1.807, 2.05) is 6.92 Å². The third kappa shape index (κ3) is 4.09. The number of guanidine groups is 1. The summed E-state index contributed by atoms with van der Waals surface area (Å²) in [6.45, 7) is 3.60. The van der Waals surface area contributed by atoms with Crippen molar-refractivity contribution in [3.63, 3.8) is 0 Å². The molecule has 7 N–H and O–H groups in total. The van der Waals surface area contributed by atoms with Crippen LogP contribution in [0, 0.1) is 19.3 Å². The molecule has 1 aromatic rings. The van der Waals surface area contributed by atoms with E-state index < -0.39 is 0 Å².